The first kappa shape index (κ1) is 10.6. The molecular weight excluding hydrogens is 274 g/mol. The maximum Gasteiger partial charge on any atom is 0.202 e. The van der Waals surface area contributed by atoms with Gasteiger partial charge in [0.2, 0.25) is 5.13 Å². The summed E-state index contributed by atoms with van der Waals surface area (Å²) in [6.45, 7) is 0. The minimum absolute atomic E-state index is 0.783. The standard InChI is InChI=1S/C10H10BrN3S/c1-12-10-13-9(14-15-10)6-7-2-4-8(11)5-3-7/h2-5H,6H2,1H3,(H,12,13,14). The van der Waals surface area contributed by atoms with Gasteiger partial charge in [0.05, 0.1) is 0 Å². The number of anilines is 1. The van der Waals surface area contributed by atoms with E-state index < -0.39 is 0 Å². The minimum Gasteiger partial charge on any atom is -0.363 e. The largest absolute Gasteiger partial charge is 0.363 e. The van der Waals surface area contributed by atoms with Crippen molar-refractivity contribution >= 4 is 32.6 Å². The molecule has 0 spiro atoms. The van der Waals surface area contributed by atoms with Crippen LogP contribution in [0.2, 0.25) is 0 Å². The second-order valence-electron chi connectivity index (χ2n) is 3.07. The Balaban J connectivity index is 2.11. The topological polar surface area (TPSA) is 37.8 Å². The number of benzene rings is 1. The molecule has 1 aromatic carbocycles. The molecule has 2 aromatic rings. The van der Waals surface area contributed by atoms with E-state index in [1.807, 2.05) is 19.2 Å². The number of nitrogens with one attached hydrogen (secondary N) is 1. The van der Waals surface area contributed by atoms with Gasteiger partial charge >= 0.3 is 0 Å². The molecule has 0 saturated carbocycles. The molecule has 0 amide bonds. The Labute approximate surface area is 101 Å². The predicted octanol–water partition coefficient (Wildman–Crippen LogP) is 2.93. The van der Waals surface area contributed by atoms with Crippen LogP contribution in [0, 0.1) is 0 Å². The van der Waals surface area contributed by atoms with Crippen molar-refractivity contribution in [3.8, 4) is 0 Å². The van der Waals surface area contributed by atoms with E-state index in [9.17, 15) is 0 Å². The smallest absolute Gasteiger partial charge is 0.202 e. The van der Waals surface area contributed by atoms with Crippen molar-refractivity contribution in [3.63, 3.8) is 0 Å². The molecule has 1 aromatic heterocycles. The third kappa shape index (κ3) is 2.76. The lowest BCUT2D eigenvalue weighted by molar-refractivity contribution is 1.04. The van der Waals surface area contributed by atoms with E-state index in [2.05, 4.69) is 42.7 Å². The summed E-state index contributed by atoms with van der Waals surface area (Å²) < 4.78 is 5.35. The highest BCUT2D eigenvalue weighted by molar-refractivity contribution is 9.10. The minimum atomic E-state index is 0.783. The van der Waals surface area contributed by atoms with E-state index in [0.29, 0.717) is 0 Å². The maximum atomic E-state index is 4.33. The number of aromatic nitrogens is 2. The van der Waals surface area contributed by atoms with Crippen molar-refractivity contribution in [2.45, 2.75) is 6.42 Å². The van der Waals surface area contributed by atoms with E-state index >= 15 is 0 Å². The van der Waals surface area contributed by atoms with Gasteiger partial charge in [-0.1, -0.05) is 28.1 Å². The molecule has 5 heteroatoms. The van der Waals surface area contributed by atoms with E-state index in [-0.39, 0.29) is 0 Å². The molecule has 0 atom stereocenters. The zero-order chi connectivity index (χ0) is 10.7. The highest BCUT2D eigenvalue weighted by Gasteiger charge is 2.03. The first-order valence-corrected chi connectivity index (χ1v) is 6.09. The lowest BCUT2D eigenvalue weighted by atomic mass is 10.1. The molecule has 0 saturated heterocycles. The van der Waals surface area contributed by atoms with Crippen LogP contribution < -0.4 is 5.32 Å². The lowest BCUT2D eigenvalue weighted by Gasteiger charge is -1.97. The highest BCUT2D eigenvalue weighted by atomic mass is 79.9. The Morgan fingerprint density at radius 2 is 2.07 bits per heavy atom. The van der Waals surface area contributed by atoms with Gasteiger partial charge in [-0.3, -0.25) is 0 Å². The average Bonchev–Trinajstić information content (AvgIpc) is 2.69. The zero-order valence-corrected chi connectivity index (χ0v) is 10.6. The molecule has 3 nitrogen and oxygen atoms in total. The Kier molecular flexibility index (Phi) is 3.33. The Bertz CT molecular complexity index is 438. The van der Waals surface area contributed by atoms with Gasteiger partial charge < -0.3 is 5.32 Å². The van der Waals surface area contributed by atoms with Gasteiger partial charge in [-0.2, -0.15) is 4.37 Å². The quantitative estimate of drug-likeness (QED) is 0.941. The fraction of sp³-hybridized carbons (Fsp3) is 0.200. The monoisotopic (exact) mass is 283 g/mol. The van der Waals surface area contributed by atoms with Crippen molar-refractivity contribution < 1.29 is 0 Å². The van der Waals surface area contributed by atoms with Gasteiger partial charge in [-0.05, 0) is 17.7 Å². The average molecular weight is 284 g/mol. The molecule has 0 unspecified atom stereocenters. The summed E-state index contributed by atoms with van der Waals surface area (Å²) in [5.41, 5.74) is 1.22. The summed E-state index contributed by atoms with van der Waals surface area (Å²) in [6.07, 6.45) is 0.783. The van der Waals surface area contributed by atoms with Crippen molar-refractivity contribution in [2.75, 3.05) is 12.4 Å². The summed E-state index contributed by atoms with van der Waals surface area (Å²) >= 11 is 4.80. The molecule has 1 heterocycles. The van der Waals surface area contributed by atoms with Crippen LogP contribution in [0.15, 0.2) is 28.7 Å². The van der Waals surface area contributed by atoms with Crippen LogP contribution in [0.25, 0.3) is 0 Å². The van der Waals surface area contributed by atoms with Gasteiger partial charge in [0.25, 0.3) is 0 Å². The fourth-order valence-corrected chi connectivity index (χ4v) is 2.01. The number of hydrogen-bond donors (Lipinski definition) is 1. The van der Waals surface area contributed by atoms with E-state index in [1.165, 1.54) is 17.1 Å². The lowest BCUT2D eigenvalue weighted by Crippen LogP contribution is -1.91. The Hall–Kier alpha value is -0.940. The first-order chi connectivity index (χ1) is 7.28. The molecule has 0 radical (unpaired) electrons. The van der Waals surface area contributed by atoms with E-state index in [1.54, 1.807) is 0 Å². The molecule has 0 bridgehead atoms. The third-order valence-electron chi connectivity index (χ3n) is 1.96. The van der Waals surface area contributed by atoms with Crippen LogP contribution in [-0.2, 0) is 6.42 Å². The summed E-state index contributed by atoms with van der Waals surface area (Å²) in [6, 6.07) is 8.20. The van der Waals surface area contributed by atoms with E-state index in [0.717, 1.165) is 21.8 Å². The Morgan fingerprint density at radius 1 is 1.33 bits per heavy atom. The summed E-state index contributed by atoms with van der Waals surface area (Å²) in [7, 11) is 1.85. The second kappa shape index (κ2) is 4.72. The molecule has 0 aliphatic heterocycles. The predicted molar refractivity (Wildman–Crippen MR) is 66.4 cm³/mol. The number of halogens is 1. The number of nitrogens with zero attached hydrogens (tertiary/aromatic N) is 2. The highest BCUT2D eigenvalue weighted by Crippen LogP contribution is 2.15. The maximum absolute atomic E-state index is 4.33. The molecule has 0 aliphatic carbocycles. The van der Waals surface area contributed by atoms with E-state index in [4.69, 9.17) is 0 Å². The molecule has 2 rings (SSSR count). The number of rotatable bonds is 3. The van der Waals surface area contributed by atoms with Crippen molar-refractivity contribution in [1.29, 1.82) is 0 Å². The van der Waals surface area contributed by atoms with Crippen LogP contribution in [0.1, 0.15) is 11.4 Å². The van der Waals surface area contributed by atoms with Gasteiger partial charge in [0.1, 0.15) is 5.82 Å². The normalized spacial score (nSPS) is 10.3. The van der Waals surface area contributed by atoms with Gasteiger partial charge in [0.15, 0.2) is 0 Å². The van der Waals surface area contributed by atoms with Gasteiger partial charge in [-0.25, -0.2) is 4.98 Å². The molecule has 78 valence electrons. The summed E-state index contributed by atoms with van der Waals surface area (Å²) in [5, 5.41) is 3.84. The van der Waals surface area contributed by atoms with Crippen molar-refractivity contribution in [2.24, 2.45) is 0 Å². The summed E-state index contributed by atoms with van der Waals surface area (Å²) in [4.78, 5) is 4.33. The Morgan fingerprint density at radius 3 is 2.67 bits per heavy atom. The van der Waals surface area contributed by atoms with Gasteiger partial charge in [0, 0.05) is 29.5 Å². The molecule has 15 heavy (non-hydrogen) atoms. The van der Waals surface area contributed by atoms with Crippen molar-refractivity contribution in [1.82, 2.24) is 9.36 Å². The summed E-state index contributed by atoms with van der Waals surface area (Å²) in [5.74, 6) is 0.867. The SMILES string of the molecule is CNc1nc(Cc2ccc(Br)cc2)ns1. The molecule has 0 aliphatic rings. The second-order valence-corrected chi connectivity index (χ2v) is 4.74. The van der Waals surface area contributed by atoms with Gasteiger partial charge in [-0.15, -0.1) is 0 Å². The van der Waals surface area contributed by atoms with Crippen LogP contribution in [0.4, 0.5) is 5.13 Å². The van der Waals surface area contributed by atoms with Crippen LogP contribution >= 0.6 is 27.5 Å². The zero-order valence-electron chi connectivity index (χ0n) is 8.20. The molecule has 0 fully saturated rings. The van der Waals surface area contributed by atoms with Crippen LogP contribution in [0.3, 0.4) is 0 Å². The molecular formula is C10H10BrN3S. The number of hydrogen-bond acceptors (Lipinski definition) is 4. The van der Waals surface area contributed by atoms with Crippen LogP contribution in [-0.4, -0.2) is 16.4 Å². The molecule has 1 N–H and O–H groups in total. The van der Waals surface area contributed by atoms with Crippen LogP contribution in [0.5, 0.6) is 0 Å². The first-order valence-electron chi connectivity index (χ1n) is 4.52. The third-order valence-corrected chi connectivity index (χ3v) is 3.26. The van der Waals surface area contributed by atoms with Crippen molar-refractivity contribution in [3.05, 3.63) is 40.1 Å². The fourth-order valence-electron chi connectivity index (χ4n) is 1.21.